The molecular weight excluding hydrogens is 394 g/mol. The van der Waals surface area contributed by atoms with Gasteiger partial charge in [0, 0.05) is 18.6 Å². The Morgan fingerprint density at radius 3 is 2.55 bits per heavy atom. The minimum Gasteiger partial charge on any atom is -0.497 e. The van der Waals surface area contributed by atoms with E-state index in [0.717, 1.165) is 31.6 Å². The molecule has 2 bridgehead atoms. The molecule has 0 N–H and O–H groups in total. The normalized spacial score (nSPS) is 30.0. The van der Waals surface area contributed by atoms with Crippen LogP contribution in [0, 0.1) is 5.92 Å². The molecule has 1 heterocycles. The summed E-state index contributed by atoms with van der Waals surface area (Å²) in [7, 11) is 5.76. The third kappa shape index (κ3) is 4.93. The highest BCUT2D eigenvalue weighted by Crippen LogP contribution is 2.56. The van der Waals surface area contributed by atoms with E-state index in [1.54, 1.807) is 14.2 Å². The van der Waals surface area contributed by atoms with E-state index in [9.17, 15) is 0 Å². The van der Waals surface area contributed by atoms with Crippen LogP contribution >= 0.6 is 0 Å². The molecule has 1 aromatic rings. The minimum atomic E-state index is 0.220. The van der Waals surface area contributed by atoms with Gasteiger partial charge in [-0.1, -0.05) is 6.07 Å². The first-order chi connectivity index (χ1) is 15.2. The van der Waals surface area contributed by atoms with Crippen molar-refractivity contribution in [2.24, 2.45) is 5.92 Å². The highest BCUT2D eigenvalue weighted by Gasteiger charge is 2.55. The van der Waals surface area contributed by atoms with Gasteiger partial charge < -0.3 is 28.6 Å². The van der Waals surface area contributed by atoms with E-state index in [4.69, 9.17) is 23.7 Å². The maximum Gasteiger partial charge on any atom is 0.119 e. The van der Waals surface area contributed by atoms with Crippen LogP contribution in [-0.2, 0) is 30.8 Å². The number of hydrogen-bond donors (Lipinski definition) is 0. The van der Waals surface area contributed by atoms with Crippen LogP contribution in [0.1, 0.15) is 36.8 Å². The molecule has 1 saturated carbocycles. The van der Waals surface area contributed by atoms with Gasteiger partial charge in [-0.2, -0.15) is 0 Å². The molecule has 2 aliphatic carbocycles. The Kier molecular flexibility index (Phi) is 7.88. The predicted octanol–water partition coefficient (Wildman–Crippen LogP) is 3.06. The molecule has 0 amide bonds. The minimum absolute atomic E-state index is 0.220. The van der Waals surface area contributed by atoms with Crippen molar-refractivity contribution in [3.63, 3.8) is 0 Å². The second kappa shape index (κ2) is 10.6. The average molecular weight is 434 g/mol. The highest BCUT2D eigenvalue weighted by molar-refractivity contribution is 5.45. The topological polar surface area (TPSA) is 49.4 Å². The van der Waals surface area contributed by atoms with Crippen molar-refractivity contribution in [2.75, 3.05) is 67.5 Å². The number of methoxy groups -OCH3 is 2. The molecule has 2 fully saturated rings. The van der Waals surface area contributed by atoms with Crippen molar-refractivity contribution >= 4 is 0 Å². The van der Waals surface area contributed by atoms with Gasteiger partial charge >= 0.3 is 0 Å². The summed E-state index contributed by atoms with van der Waals surface area (Å²) in [5, 5.41) is 0. The summed E-state index contributed by atoms with van der Waals surface area (Å²) in [6.07, 6.45) is 6.18. The van der Waals surface area contributed by atoms with Crippen LogP contribution in [0.3, 0.4) is 0 Å². The van der Waals surface area contributed by atoms with Crippen LogP contribution in [0.2, 0.25) is 0 Å². The van der Waals surface area contributed by atoms with Crippen LogP contribution in [-0.4, -0.2) is 84.5 Å². The number of hydrogen-bond acceptors (Lipinski definition) is 6. The highest BCUT2D eigenvalue weighted by atomic mass is 16.6. The van der Waals surface area contributed by atoms with Gasteiger partial charge in [0.25, 0.3) is 0 Å². The third-order valence-electron chi connectivity index (χ3n) is 7.71. The average Bonchev–Trinajstić information content (AvgIpc) is 2.80. The smallest absolute Gasteiger partial charge is 0.119 e. The number of ether oxygens (including phenoxy) is 5. The molecule has 174 valence electrons. The summed E-state index contributed by atoms with van der Waals surface area (Å²) < 4.78 is 28.0. The van der Waals surface area contributed by atoms with Gasteiger partial charge in [-0.15, -0.1) is 0 Å². The molecule has 31 heavy (non-hydrogen) atoms. The van der Waals surface area contributed by atoms with Crippen molar-refractivity contribution < 1.29 is 23.7 Å². The molecule has 4 atom stereocenters. The monoisotopic (exact) mass is 433 g/mol. The maximum atomic E-state index is 6.33. The summed E-state index contributed by atoms with van der Waals surface area (Å²) in [6, 6.07) is 7.39. The van der Waals surface area contributed by atoms with Crippen LogP contribution in [0.15, 0.2) is 18.2 Å². The van der Waals surface area contributed by atoms with E-state index in [0.29, 0.717) is 57.7 Å². The van der Waals surface area contributed by atoms with Gasteiger partial charge in [-0.05, 0) is 74.9 Å². The van der Waals surface area contributed by atoms with Gasteiger partial charge in [-0.25, -0.2) is 0 Å². The molecule has 1 saturated heterocycles. The van der Waals surface area contributed by atoms with Crippen LogP contribution in [0.25, 0.3) is 0 Å². The van der Waals surface area contributed by atoms with Crippen molar-refractivity contribution in [1.29, 1.82) is 0 Å². The Hall–Kier alpha value is -1.18. The first-order valence-corrected chi connectivity index (χ1v) is 11.8. The SMILES string of the molecule is COCCOCCOCCO[C@H]1CC[C@H]2[C@H]3Cc4ccc(OC)cc4[C@@]2(CCN3C)C1. The molecule has 0 radical (unpaired) electrons. The molecule has 1 aliphatic heterocycles. The fourth-order valence-electron chi connectivity index (χ4n) is 6.17. The van der Waals surface area contributed by atoms with Crippen molar-refractivity contribution in [3.05, 3.63) is 29.3 Å². The number of benzene rings is 1. The lowest BCUT2D eigenvalue weighted by atomic mass is 9.52. The molecule has 0 aromatic heterocycles. The van der Waals surface area contributed by atoms with E-state index in [-0.39, 0.29) is 5.41 Å². The molecule has 0 spiro atoms. The molecule has 6 heteroatoms. The van der Waals surface area contributed by atoms with E-state index in [1.165, 1.54) is 24.0 Å². The van der Waals surface area contributed by atoms with Crippen LogP contribution in [0.5, 0.6) is 5.75 Å². The number of likely N-dealkylation sites (tertiary alicyclic amines) is 1. The largest absolute Gasteiger partial charge is 0.497 e. The second-order valence-electron chi connectivity index (χ2n) is 9.28. The fraction of sp³-hybridized carbons (Fsp3) is 0.760. The number of rotatable bonds is 11. The third-order valence-corrected chi connectivity index (χ3v) is 7.71. The summed E-state index contributed by atoms with van der Waals surface area (Å²) in [5.41, 5.74) is 3.25. The molecule has 3 aliphatic rings. The van der Waals surface area contributed by atoms with Crippen LogP contribution < -0.4 is 4.74 Å². The van der Waals surface area contributed by atoms with Gasteiger partial charge in [0.15, 0.2) is 0 Å². The lowest BCUT2D eigenvalue weighted by Crippen LogP contribution is -2.61. The Balaban J connectivity index is 1.35. The number of nitrogens with zero attached hydrogens (tertiary/aromatic N) is 1. The van der Waals surface area contributed by atoms with Crippen LogP contribution in [0.4, 0.5) is 0 Å². The van der Waals surface area contributed by atoms with Crippen molar-refractivity contribution in [3.8, 4) is 5.75 Å². The van der Waals surface area contributed by atoms with Crippen molar-refractivity contribution in [2.45, 2.75) is 49.7 Å². The molecule has 1 aromatic carbocycles. The van der Waals surface area contributed by atoms with Crippen molar-refractivity contribution in [1.82, 2.24) is 4.90 Å². The van der Waals surface area contributed by atoms with Gasteiger partial charge in [0.05, 0.1) is 52.9 Å². The summed E-state index contributed by atoms with van der Waals surface area (Å²) in [6.45, 7) is 4.88. The zero-order chi connectivity index (χ0) is 21.7. The van der Waals surface area contributed by atoms with Gasteiger partial charge in [0.2, 0.25) is 0 Å². The fourth-order valence-corrected chi connectivity index (χ4v) is 6.17. The lowest BCUT2D eigenvalue weighted by Gasteiger charge is -2.59. The maximum absolute atomic E-state index is 6.33. The molecule has 6 nitrogen and oxygen atoms in total. The Labute approximate surface area is 187 Å². The summed E-state index contributed by atoms with van der Waals surface area (Å²) >= 11 is 0. The standard InChI is InChI=1S/C25H39NO5/c1-26-9-8-25-18-21(31-15-14-30-13-12-29-11-10-27-2)6-7-22(25)24(26)16-19-4-5-20(28-3)17-23(19)25/h4-5,17,21-22,24H,6-16,18H2,1-3H3/t21-,22-,24+,25-/m0/s1. The van der Waals surface area contributed by atoms with Gasteiger partial charge in [-0.3, -0.25) is 0 Å². The first kappa shape index (κ1) is 23.0. The molecular formula is C25H39NO5. The lowest BCUT2D eigenvalue weighted by molar-refractivity contribution is -0.0771. The summed E-state index contributed by atoms with van der Waals surface area (Å²) in [5.74, 6) is 1.69. The molecule has 0 unspecified atom stereocenters. The first-order valence-electron chi connectivity index (χ1n) is 11.8. The van der Waals surface area contributed by atoms with E-state index < -0.39 is 0 Å². The second-order valence-corrected chi connectivity index (χ2v) is 9.28. The van der Waals surface area contributed by atoms with Gasteiger partial charge in [0.1, 0.15) is 5.75 Å². The number of fused-ring (bicyclic) bond motifs is 1. The van der Waals surface area contributed by atoms with E-state index in [2.05, 4.69) is 30.1 Å². The molecule has 4 rings (SSSR count). The number of piperidine rings is 1. The summed E-state index contributed by atoms with van der Waals surface area (Å²) in [4.78, 5) is 2.60. The Morgan fingerprint density at radius 1 is 1.00 bits per heavy atom. The number of likely N-dealkylation sites (N-methyl/N-ethyl adjacent to an activating group) is 1. The Morgan fingerprint density at radius 2 is 1.77 bits per heavy atom. The zero-order valence-electron chi connectivity index (χ0n) is 19.4. The quantitative estimate of drug-likeness (QED) is 0.500. The predicted molar refractivity (Wildman–Crippen MR) is 120 cm³/mol. The van der Waals surface area contributed by atoms with E-state index in [1.807, 2.05) is 0 Å². The Bertz CT molecular complexity index is 713. The zero-order valence-corrected chi connectivity index (χ0v) is 19.4. The van der Waals surface area contributed by atoms with E-state index >= 15 is 0 Å².